The van der Waals surface area contributed by atoms with Crippen molar-refractivity contribution in [2.24, 2.45) is 0 Å². The van der Waals surface area contributed by atoms with Crippen LogP contribution >= 0.6 is 23.2 Å². The van der Waals surface area contributed by atoms with Crippen molar-refractivity contribution in [2.45, 2.75) is 0 Å². The van der Waals surface area contributed by atoms with Crippen molar-refractivity contribution in [3.8, 4) is 11.8 Å². The number of hydrogen-bond acceptors (Lipinski definition) is 5. The molecule has 0 unspecified atom stereocenters. The first-order valence-corrected chi connectivity index (χ1v) is 7.42. The van der Waals surface area contributed by atoms with Gasteiger partial charge in [0, 0.05) is 17.4 Å². The summed E-state index contributed by atoms with van der Waals surface area (Å²) in [5, 5.41) is 15.4. The van der Waals surface area contributed by atoms with Gasteiger partial charge in [-0.2, -0.15) is 5.26 Å². The molecular formula is C16H12Cl2N4O2. The molecule has 0 atom stereocenters. The largest absolute Gasteiger partial charge is 0.495 e. The van der Waals surface area contributed by atoms with Gasteiger partial charge in [-0.05, 0) is 30.3 Å². The van der Waals surface area contributed by atoms with Gasteiger partial charge in [-0.25, -0.2) is 4.98 Å². The first-order chi connectivity index (χ1) is 11.5. The number of benzene rings is 1. The Hall–Kier alpha value is -2.75. The highest BCUT2D eigenvalue weighted by Gasteiger charge is 2.13. The number of carbonyl (C=O) groups excluding carboxylic acids is 1. The molecule has 6 nitrogen and oxygen atoms in total. The number of pyridine rings is 1. The summed E-state index contributed by atoms with van der Waals surface area (Å²) in [6.07, 6.45) is 2.70. The van der Waals surface area contributed by atoms with E-state index in [1.54, 1.807) is 24.3 Å². The van der Waals surface area contributed by atoms with E-state index in [1.165, 1.54) is 25.6 Å². The highest BCUT2D eigenvalue weighted by atomic mass is 35.5. The number of methoxy groups -OCH3 is 1. The number of nitrogens with zero attached hydrogens (tertiary/aromatic N) is 2. The minimum absolute atomic E-state index is 0.145. The van der Waals surface area contributed by atoms with Gasteiger partial charge in [-0.3, -0.25) is 4.79 Å². The summed E-state index contributed by atoms with van der Waals surface area (Å²) in [7, 11) is 1.47. The summed E-state index contributed by atoms with van der Waals surface area (Å²) >= 11 is 11.6. The van der Waals surface area contributed by atoms with E-state index in [2.05, 4.69) is 15.6 Å². The van der Waals surface area contributed by atoms with Gasteiger partial charge in [0.1, 0.15) is 23.2 Å². The fraction of sp³-hybridized carbons (Fsp3) is 0.0625. The highest BCUT2D eigenvalue weighted by molar-refractivity contribution is 6.31. The molecule has 0 spiro atoms. The molecule has 0 bridgehead atoms. The molecule has 1 aromatic heterocycles. The predicted molar refractivity (Wildman–Crippen MR) is 93.2 cm³/mol. The number of amides is 1. The van der Waals surface area contributed by atoms with Crippen LogP contribution in [-0.2, 0) is 4.79 Å². The monoisotopic (exact) mass is 362 g/mol. The van der Waals surface area contributed by atoms with Crippen LogP contribution in [0.3, 0.4) is 0 Å². The minimum atomic E-state index is -0.612. The summed E-state index contributed by atoms with van der Waals surface area (Å²) in [4.78, 5) is 16.2. The lowest BCUT2D eigenvalue weighted by Crippen LogP contribution is -2.15. The lowest BCUT2D eigenvalue weighted by atomic mass is 10.2. The quantitative estimate of drug-likeness (QED) is 0.622. The van der Waals surface area contributed by atoms with Gasteiger partial charge in [0.05, 0.1) is 17.8 Å². The van der Waals surface area contributed by atoms with Crippen LogP contribution in [0.25, 0.3) is 0 Å². The van der Waals surface area contributed by atoms with Crippen LogP contribution in [0.1, 0.15) is 0 Å². The summed E-state index contributed by atoms with van der Waals surface area (Å²) in [6, 6.07) is 9.84. The Morgan fingerprint density at radius 1 is 1.29 bits per heavy atom. The standard InChI is InChI=1S/C16H12Cl2N4O2/c1-24-14-4-2-11(17)6-13(14)22-16(23)10(7-19)8-20-15-5-3-12(18)9-21-15/h2-6,8-9H,1H3,(H,20,21)(H,22,23)/b10-8-. The van der Waals surface area contributed by atoms with Crippen molar-refractivity contribution in [3.05, 3.63) is 58.3 Å². The molecule has 0 aliphatic heterocycles. The smallest absolute Gasteiger partial charge is 0.267 e. The van der Waals surface area contributed by atoms with Gasteiger partial charge < -0.3 is 15.4 Å². The van der Waals surface area contributed by atoms with E-state index in [9.17, 15) is 4.79 Å². The molecular weight excluding hydrogens is 351 g/mol. The van der Waals surface area contributed by atoms with E-state index >= 15 is 0 Å². The Labute approximate surface area is 148 Å². The maximum absolute atomic E-state index is 12.2. The molecule has 0 radical (unpaired) electrons. The first-order valence-electron chi connectivity index (χ1n) is 6.66. The molecule has 2 N–H and O–H groups in total. The van der Waals surface area contributed by atoms with Gasteiger partial charge in [0.15, 0.2) is 0 Å². The zero-order valence-corrected chi connectivity index (χ0v) is 14.0. The van der Waals surface area contributed by atoms with E-state index in [0.29, 0.717) is 27.3 Å². The lowest BCUT2D eigenvalue weighted by molar-refractivity contribution is -0.112. The molecule has 0 aliphatic rings. The minimum Gasteiger partial charge on any atom is -0.495 e. The average molecular weight is 363 g/mol. The zero-order chi connectivity index (χ0) is 17.5. The van der Waals surface area contributed by atoms with E-state index in [4.69, 9.17) is 33.2 Å². The number of carbonyl (C=O) groups is 1. The van der Waals surface area contributed by atoms with Crippen LogP contribution in [-0.4, -0.2) is 18.0 Å². The SMILES string of the molecule is COc1ccc(Cl)cc1NC(=O)/C(C#N)=C\Nc1ccc(Cl)cn1. The fourth-order valence-electron chi connectivity index (χ4n) is 1.72. The molecule has 2 rings (SSSR count). The van der Waals surface area contributed by atoms with Crippen molar-refractivity contribution in [1.29, 1.82) is 5.26 Å². The normalized spacial score (nSPS) is 10.7. The maximum atomic E-state index is 12.2. The molecule has 0 fully saturated rings. The highest BCUT2D eigenvalue weighted by Crippen LogP contribution is 2.28. The average Bonchev–Trinajstić information content (AvgIpc) is 2.57. The summed E-state index contributed by atoms with van der Waals surface area (Å²) in [5.41, 5.74) is 0.217. The number of aromatic nitrogens is 1. The topological polar surface area (TPSA) is 87.0 Å². The third kappa shape index (κ3) is 4.62. The fourth-order valence-corrected chi connectivity index (χ4v) is 2.01. The molecule has 2 aromatic rings. The maximum Gasteiger partial charge on any atom is 0.267 e. The van der Waals surface area contributed by atoms with Gasteiger partial charge in [0.2, 0.25) is 0 Å². The van der Waals surface area contributed by atoms with Crippen LogP contribution in [0.4, 0.5) is 11.5 Å². The van der Waals surface area contributed by atoms with Crippen LogP contribution in [0.15, 0.2) is 48.3 Å². The summed E-state index contributed by atoms with van der Waals surface area (Å²) in [5.74, 6) is 0.261. The van der Waals surface area contributed by atoms with Crippen molar-refractivity contribution in [2.75, 3.05) is 17.7 Å². The van der Waals surface area contributed by atoms with Crippen molar-refractivity contribution < 1.29 is 9.53 Å². The van der Waals surface area contributed by atoms with Gasteiger partial charge in [-0.15, -0.1) is 0 Å². The Balaban J connectivity index is 2.14. The molecule has 0 aliphatic carbocycles. The van der Waals surface area contributed by atoms with Crippen LogP contribution in [0, 0.1) is 11.3 Å². The van der Waals surface area contributed by atoms with Crippen molar-refractivity contribution >= 4 is 40.6 Å². The summed E-state index contributed by atoms with van der Waals surface area (Å²) < 4.78 is 5.14. The van der Waals surface area contributed by atoms with Gasteiger partial charge in [0.25, 0.3) is 5.91 Å². The number of anilines is 2. The number of halogens is 2. The summed E-state index contributed by atoms with van der Waals surface area (Å²) in [6.45, 7) is 0. The molecule has 24 heavy (non-hydrogen) atoms. The zero-order valence-electron chi connectivity index (χ0n) is 12.5. The third-order valence-corrected chi connectivity index (χ3v) is 3.33. The van der Waals surface area contributed by atoms with Crippen molar-refractivity contribution in [3.63, 3.8) is 0 Å². The molecule has 122 valence electrons. The second-order valence-corrected chi connectivity index (χ2v) is 5.35. The van der Waals surface area contributed by atoms with Crippen LogP contribution < -0.4 is 15.4 Å². The molecule has 1 amide bonds. The Morgan fingerprint density at radius 3 is 2.67 bits per heavy atom. The van der Waals surface area contributed by atoms with Crippen LogP contribution in [0.2, 0.25) is 10.0 Å². The molecule has 1 aromatic carbocycles. The third-order valence-electron chi connectivity index (χ3n) is 2.87. The number of nitriles is 1. The second-order valence-electron chi connectivity index (χ2n) is 4.47. The molecule has 1 heterocycles. The first kappa shape index (κ1) is 17.6. The Morgan fingerprint density at radius 2 is 2.04 bits per heavy atom. The van der Waals surface area contributed by atoms with Crippen molar-refractivity contribution in [1.82, 2.24) is 4.98 Å². The molecule has 0 saturated carbocycles. The number of rotatable bonds is 5. The second kappa shape index (κ2) is 8.20. The molecule has 8 heteroatoms. The van der Waals surface area contributed by atoms with Crippen LogP contribution in [0.5, 0.6) is 5.75 Å². The predicted octanol–water partition coefficient (Wildman–Crippen LogP) is 3.86. The van der Waals surface area contributed by atoms with E-state index < -0.39 is 5.91 Å². The van der Waals surface area contributed by atoms with E-state index in [0.717, 1.165) is 0 Å². The number of ether oxygens (including phenoxy) is 1. The van der Waals surface area contributed by atoms with E-state index in [-0.39, 0.29) is 5.57 Å². The molecule has 0 saturated heterocycles. The van der Waals surface area contributed by atoms with Gasteiger partial charge in [-0.1, -0.05) is 23.2 Å². The lowest BCUT2D eigenvalue weighted by Gasteiger charge is -2.10. The number of nitrogens with one attached hydrogen (secondary N) is 2. The Kier molecular flexibility index (Phi) is 6.01. The van der Waals surface area contributed by atoms with E-state index in [1.807, 2.05) is 6.07 Å². The number of hydrogen-bond donors (Lipinski definition) is 2. The van der Waals surface area contributed by atoms with Gasteiger partial charge >= 0.3 is 0 Å². The Bertz CT molecular complexity index is 814.